The summed E-state index contributed by atoms with van der Waals surface area (Å²) < 4.78 is 22.5. The molecule has 8 heteroatoms. The number of rotatable bonds is 8. The highest BCUT2D eigenvalue weighted by Gasteiger charge is 2.42. The standard InChI is InChI=1S/C26H28ClNO6/c1-14(2)33-10-6-9-28-23(16-7-8-19(31-4)21(12-16)32-5)22-24(29)17-13-18(27)15(3)11-20(17)34-25(22)26(28)30/h7-8,11-14,23H,6,9-10H2,1-5H3. The maximum Gasteiger partial charge on any atom is 0.290 e. The second-order valence-corrected chi connectivity index (χ2v) is 8.97. The number of benzene rings is 2. The van der Waals surface area contributed by atoms with Crippen LogP contribution in [0.15, 0.2) is 39.5 Å². The molecule has 1 aliphatic rings. The van der Waals surface area contributed by atoms with Crippen molar-refractivity contribution >= 4 is 28.5 Å². The van der Waals surface area contributed by atoms with Crippen LogP contribution in [0.25, 0.3) is 11.0 Å². The quantitative estimate of drug-likeness (QED) is 0.411. The zero-order valence-electron chi connectivity index (χ0n) is 19.9. The van der Waals surface area contributed by atoms with Gasteiger partial charge in [0.25, 0.3) is 5.91 Å². The summed E-state index contributed by atoms with van der Waals surface area (Å²) in [6.45, 7) is 6.64. The SMILES string of the molecule is COc1ccc(C2c3c(oc4cc(C)c(Cl)cc4c3=O)C(=O)N2CCCOC(C)C)cc1OC. The van der Waals surface area contributed by atoms with Crippen LogP contribution in [0.1, 0.15) is 53.6 Å². The van der Waals surface area contributed by atoms with Crippen molar-refractivity contribution in [1.29, 1.82) is 0 Å². The molecular weight excluding hydrogens is 458 g/mol. The van der Waals surface area contributed by atoms with E-state index in [1.54, 1.807) is 43.4 Å². The Balaban J connectivity index is 1.87. The summed E-state index contributed by atoms with van der Waals surface area (Å²) >= 11 is 6.30. The van der Waals surface area contributed by atoms with Crippen molar-refractivity contribution < 1.29 is 23.4 Å². The second kappa shape index (κ2) is 9.68. The van der Waals surface area contributed by atoms with Crippen molar-refractivity contribution in [3.05, 3.63) is 68.0 Å². The molecule has 0 aliphatic carbocycles. The van der Waals surface area contributed by atoms with Crippen molar-refractivity contribution in [1.82, 2.24) is 4.90 Å². The third-order valence-electron chi connectivity index (χ3n) is 5.96. The summed E-state index contributed by atoms with van der Waals surface area (Å²) in [5.74, 6) is 0.794. The van der Waals surface area contributed by atoms with Gasteiger partial charge in [0.15, 0.2) is 16.9 Å². The third-order valence-corrected chi connectivity index (χ3v) is 6.37. The van der Waals surface area contributed by atoms with E-state index in [1.807, 2.05) is 26.8 Å². The number of ether oxygens (including phenoxy) is 3. The first-order valence-electron chi connectivity index (χ1n) is 11.2. The largest absolute Gasteiger partial charge is 0.493 e. The van der Waals surface area contributed by atoms with Crippen LogP contribution >= 0.6 is 11.6 Å². The predicted molar refractivity (Wildman–Crippen MR) is 130 cm³/mol. The fourth-order valence-corrected chi connectivity index (χ4v) is 4.46. The minimum absolute atomic E-state index is 0.0591. The van der Waals surface area contributed by atoms with E-state index in [1.165, 1.54) is 0 Å². The van der Waals surface area contributed by atoms with Gasteiger partial charge >= 0.3 is 0 Å². The first-order valence-corrected chi connectivity index (χ1v) is 11.6. The number of nitrogens with zero attached hydrogens (tertiary/aromatic N) is 1. The Hall–Kier alpha value is -3.03. The number of halogens is 1. The highest BCUT2D eigenvalue weighted by atomic mass is 35.5. The molecular formula is C26H28ClNO6. The molecule has 1 amide bonds. The molecule has 1 unspecified atom stereocenters. The fraction of sp³-hybridized carbons (Fsp3) is 0.385. The van der Waals surface area contributed by atoms with Crippen LogP contribution < -0.4 is 14.9 Å². The third kappa shape index (κ3) is 4.26. The van der Waals surface area contributed by atoms with Gasteiger partial charge in [0.1, 0.15) is 5.58 Å². The van der Waals surface area contributed by atoms with Crippen molar-refractivity contribution in [3.63, 3.8) is 0 Å². The van der Waals surface area contributed by atoms with E-state index in [2.05, 4.69) is 0 Å². The Bertz CT molecular complexity index is 1300. The van der Waals surface area contributed by atoms with Gasteiger partial charge in [-0.3, -0.25) is 9.59 Å². The molecule has 180 valence electrons. The second-order valence-electron chi connectivity index (χ2n) is 8.56. The zero-order chi connectivity index (χ0) is 24.6. The minimum Gasteiger partial charge on any atom is -0.493 e. The molecule has 3 aromatic rings. The number of methoxy groups -OCH3 is 2. The lowest BCUT2D eigenvalue weighted by Crippen LogP contribution is -2.31. The van der Waals surface area contributed by atoms with Crippen molar-refractivity contribution in [2.75, 3.05) is 27.4 Å². The van der Waals surface area contributed by atoms with Gasteiger partial charge in [-0.2, -0.15) is 0 Å². The molecule has 0 fully saturated rings. The molecule has 0 bridgehead atoms. The molecule has 0 N–H and O–H groups in total. The molecule has 0 saturated carbocycles. The Morgan fingerprint density at radius 3 is 2.50 bits per heavy atom. The Labute approximate surface area is 203 Å². The lowest BCUT2D eigenvalue weighted by Gasteiger charge is -2.26. The van der Waals surface area contributed by atoms with E-state index < -0.39 is 6.04 Å². The molecule has 2 heterocycles. The summed E-state index contributed by atoms with van der Waals surface area (Å²) in [6, 6.07) is 8.04. The van der Waals surface area contributed by atoms with E-state index in [0.717, 1.165) is 11.1 Å². The maximum atomic E-state index is 13.7. The summed E-state index contributed by atoms with van der Waals surface area (Å²) in [7, 11) is 3.10. The van der Waals surface area contributed by atoms with Gasteiger partial charge in [0.05, 0.1) is 37.3 Å². The first kappa shape index (κ1) is 24.1. The first-order chi connectivity index (χ1) is 16.3. The van der Waals surface area contributed by atoms with Crippen molar-refractivity contribution in [2.24, 2.45) is 0 Å². The van der Waals surface area contributed by atoms with E-state index in [0.29, 0.717) is 52.6 Å². The maximum absolute atomic E-state index is 13.7. The van der Waals surface area contributed by atoms with Gasteiger partial charge in [-0.15, -0.1) is 0 Å². The van der Waals surface area contributed by atoms with Crippen LogP contribution in [-0.2, 0) is 4.74 Å². The monoisotopic (exact) mass is 485 g/mol. The molecule has 0 spiro atoms. The molecule has 34 heavy (non-hydrogen) atoms. The van der Waals surface area contributed by atoms with Gasteiger partial charge < -0.3 is 23.5 Å². The molecule has 1 aliphatic heterocycles. The smallest absolute Gasteiger partial charge is 0.290 e. The molecule has 4 rings (SSSR count). The number of fused-ring (bicyclic) bond motifs is 2. The number of carbonyl (C=O) groups excluding carboxylic acids is 1. The van der Waals surface area contributed by atoms with Crippen LogP contribution in [-0.4, -0.2) is 44.3 Å². The number of amides is 1. The van der Waals surface area contributed by atoms with Gasteiger partial charge in [-0.05, 0) is 62.6 Å². The minimum atomic E-state index is -0.637. The van der Waals surface area contributed by atoms with Gasteiger partial charge in [-0.1, -0.05) is 17.7 Å². The van der Waals surface area contributed by atoms with Gasteiger partial charge in [0, 0.05) is 18.2 Å². The lowest BCUT2D eigenvalue weighted by atomic mass is 9.97. The van der Waals surface area contributed by atoms with Crippen LogP contribution in [0.4, 0.5) is 0 Å². The Morgan fingerprint density at radius 2 is 1.82 bits per heavy atom. The van der Waals surface area contributed by atoms with Gasteiger partial charge in [0.2, 0.25) is 5.76 Å². The average Bonchev–Trinajstić information content (AvgIpc) is 3.09. The van der Waals surface area contributed by atoms with E-state index in [4.69, 9.17) is 30.2 Å². The van der Waals surface area contributed by atoms with Crippen LogP contribution in [0.2, 0.25) is 5.02 Å². The van der Waals surface area contributed by atoms with Crippen molar-refractivity contribution in [2.45, 2.75) is 39.3 Å². The molecule has 2 aromatic carbocycles. The van der Waals surface area contributed by atoms with Crippen molar-refractivity contribution in [3.8, 4) is 11.5 Å². The predicted octanol–water partition coefficient (Wildman–Crippen LogP) is 5.13. The van der Waals surface area contributed by atoms with Gasteiger partial charge in [-0.25, -0.2) is 0 Å². The van der Waals surface area contributed by atoms with E-state index >= 15 is 0 Å². The van der Waals surface area contributed by atoms with E-state index in [9.17, 15) is 9.59 Å². The Morgan fingerprint density at radius 1 is 1.09 bits per heavy atom. The molecule has 1 aromatic heterocycles. The molecule has 1 atom stereocenters. The van der Waals surface area contributed by atoms with Crippen LogP contribution in [0.5, 0.6) is 11.5 Å². The number of aryl methyl sites for hydroxylation is 1. The number of carbonyl (C=O) groups is 1. The topological polar surface area (TPSA) is 78.2 Å². The molecule has 0 radical (unpaired) electrons. The molecule has 0 saturated heterocycles. The Kier molecular flexibility index (Phi) is 6.86. The average molecular weight is 486 g/mol. The summed E-state index contributed by atoms with van der Waals surface area (Å²) in [6.07, 6.45) is 0.704. The highest BCUT2D eigenvalue weighted by molar-refractivity contribution is 6.32. The van der Waals surface area contributed by atoms with E-state index in [-0.39, 0.29) is 23.2 Å². The number of hydrogen-bond acceptors (Lipinski definition) is 6. The summed E-state index contributed by atoms with van der Waals surface area (Å²) in [4.78, 5) is 28.8. The van der Waals surface area contributed by atoms with Crippen LogP contribution in [0, 0.1) is 6.92 Å². The van der Waals surface area contributed by atoms with Crippen LogP contribution in [0.3, 0.4) is 0 Å². The normalized spacial score (nSPS) is 15.3. The summed E-state index contributed by atoms with van der Waals surface area (Å²) in [5, 5.41) is 0.812. The lowest BCUT2D eigenvalue weighted by molar-refractivity contribution is 0.0593. The molecule has 7 nitrogen and oxygen atoms in total. The number of hydrogen-bond donors (Lipinski definition) is 0. The fourth-order valence-electron chi connectivity index (χ4n) is 4.29. The highest BCUT2D eigenvalue weighted by Crippen LogP contribution is 2.41. The summed E-state index contributed by atoms with van der Waals surface area (Å²) in [5.41, 5.74) is 1.86. The zero-order valence-corrected chi connectivity index (χ0v) is 20.7.